The summed E-state index contributed by atoms with van der Waals surface area (Å²) < 4.78 is 18.2. The SMILES string of the molecule is CC(=O)c1cccc(OCC(O)COC[C@H]2O[C@@H](n3cnc4c(N)ncnc43)[C@H](O)[C@@H]2O)c1. The van der Waals surface area contributed by atoms with Crippen LogP contribution in [0.3, 0.4) is 0 Å². The number of aliphatic hydroxyl groups excluding tert-OH is 3. The van der Waals surface area contributed by atoms with Crippen LogP contribution in [-0.4, -0.2) is 84.9 Å². The molecule has 3 aromatic rings. The second-order valence-corrected chi connectivity index (χ2v) is 7.72. The number of imidazole rings is 1. The molecule has 1 unspecified atom stereocenters. The van der Waals surface area contributed by atoms with Crippen LogP contribution in [0.5, 0.6) is 5.75 Å². The number of Topliss-reactive ketones (excluding diaryl/α,β-unsaturated/α-hetero) is 1. The van der Waals surface area contributed by atoms with E-state index in [9.17, 15) is 20.1 Å². The molecule has 1 fully saturated rings. The van der Waals surface area contributed by atoms with E-state index >= 15 is 0 Å². The molecule has 0 saturated carbocycles. The number of aliphatic hydroxyl groups is 3. The fourth-order valence-electron chi connectivity index (χ4n) is 3.52. The molecule has 3 heterocycles. The number of ketones is 1. The van der Waals surface area contributed by atoms with Crippen molar-refractivity contribution in [2.45, 2.75) is 37.6 Å². The van der Waals surface area contributed by atoms with Crippen LogP contribution < -0.4 is 10.5 Å². The average Bonchev–Trinajstić information content (AvgIpc) is 3.35. The van der Waals surface area contributed by atoms with Crippen LogP contribution in [0.1, 0.15) is 23.5 Å². The van der Waals surface area contributed by atoms with Crippen LogP contribution in [0.25, 0.3) is 11.2 Å². The Morgan fingerprint density at radius 1 is 1.24 bits per heavy atom. The van der Waals surface area contributed by atoms with Crippen LogP contribution >= 0.6 is 0 Å². The minimum atomic E-state index is -1.26. The van der Waals surface area contributed by atoms with Crippen molar-refractivity contribution in [2.24, 2.45) is 0 Å². The normalized spacial score (nSPS) is 23.6. The third kappa shape index (κ3) is 4.94. The summed E-state index contributed by atoms with van der Waals surface area (Å²) in [6, 6.07) is 6.65. The topological polar surface area (TPSA) is 175 Å². The second kappa shape index (κ2) is 9.77. The number of nitrogens with zero attached hydrogens (tertiary/aromatic N) is 4. The zero-order valence-corrected chi connectivity index (χ0v) is 17.8. The molecule has 176 valence electrons. The molecule has 1 aromatic carbocycles. The largest absolute Gasteiger partial charge is 0.491 e. The molecule has 5 N–H and O–H groups in total. The lowest BCUT2D eigenvalue weighted by Gasteiger charge is -2.17. The summed E-state index contributed by atoms with van der Waals surface area (Å²) in [6.45, 7) is 1.25. The van der Waals surface area contributed by atoms with E-state index in [1.807, 2.05) is 0 Å². The zero-order valence-electron chi connectivity index (χ0n) is 17.8. The predicted molar refractivity (Wildman–Crippen MR) is 114 cm³/mol. The van der Waals surface area contributed by atoms with Crippen molar-refractivity contribution in [1.29, 1.82) is 0 Å². The summed E-state index contributed by atoms with van der Waals surface area (Å²) >= 11 is 0. The van der Waals surface area contributed by atoms with Gasteiger partial charge in [-0.25, -0.2) is 15.0 Å². The van der Waals surface area contributed by atoms with Gasteiger partial charge in [0.25, 0.3) is 0 Å². The van der Waals surface area contributed by atoms with Gasteiger partial charge in [0, 0.05) is 5.56 Å². The summed E-state index contributed by atoms with van der Waals surface area (Å²) in [4.78, 5) is 23.6. The minimum Gasteiger partial charge on any atom is -0.491 e. The minimum absolute atomic E-state index is 0.0527. The molecule has 1 aliphatic heterocycles. The van der Waals surface area contributed by atoms with Gasteiger partial charge in [0.1, 0.15) is 48.6 Å². The molecule has 0 aliphatic carbocycles. The maximum atomic E-state index is 11.4. The molecule has 4 rings (SSSR count). The highest BCUT2D eigenvalue weighted by Crippen LogP contribution is 2.32. The predicted octanol–water partition coefficient (Wildman–Crippen LogP) is -0.313. The number of nitrogens with two attached hydrogens (primary N) is 1. The van der Waals surface area contributed by atoms with E-state index in [2.05, 4.69) is 15.0 Å². The van der Waals surface area contributed by atoms with Crippen molar-refractivity contribution in [3.05, 3.63) is 42.5 Å². The molecule has 0 spiro atoms. The lowest BCUT2D eigenvalue weighted by Crippen LogP contribution is -2.35. The number of carbonyl (C=O) groups excluding carboxylic acids is 1. The number of carbonyl (C=O) groups is 1. The second-order valence-electron chi connectivity index (χ2n) is 7.72. The number of ether oxygens (including phenoxy) is 3. The Balaban J connectivity index is 1.28. The zero-order chi connectivity index (χ0) is 23.5. The van der Waals surface area contributed by atoms with Gasteiger partial charge in [-0.05, 0) is 19.1 Å². The first kappa shape index (κ1) is 23.0. The molecule has 0 amide bonds. The van der Waals surface area contributed by atoms with Gasteiger partial charge in [0.05, 0.1) is 19.5 Å². The molecule has 0 bridgehead atoms. The molecular weight excluding hydrogens is 434 g/mol. The number of hydrogen-bond acceptors (Lipinski definition) is 11. The first-order valence-electron chi connectivity index (χ1n) is 10.3. The Hall–Kier alpha value is -3.16. The number of hydrogen-bond donors (Lipinski definition) is 4. The lowest BCUT2D eigenvalue weighted by molar-refractivity contribution is -0.0786. The van der Waals surface area contributed by atoms with E-state index in [0.29, 0.717) is 22.5 Å². The van der Waals surface area contributed by atoms with E-state index in [-0.39, 0.29) is 31.4 Å². The smallest absolute Gasteiger partial charge is 0.167 e. The molecule has 1 saturated heterocycles. The maximum absolute atomic E-state index is 11.4. The Morgan fingerprint density at radius 3 is 2.85 bits per heavy atom. The van der Waals surface area contributed by atoms with Crippen molar-refractivity contribution in [3.63, 3.8) is 0 Å². The molecule has 1 aliphatic rings. The van der Waals surface area contributed by atoms with Crippen molar-refractivity contribution >= 4 is 22.8 Å². The van der Waals surface area contributed by atoms with Crippen molar-refractivity contribution in [1.82, 2.24) is 19.5 Å². The molecule has 12 nitrogen and oxygen atoms in total. The van der Waals surface area contributed by atoms with Gasteiger partial charge < -0.3 is 35.3 Å². The van der Waals surface area contributed by atoms with Crippen LogP contribution in [-0.2, 0) is 9.47 Å². The number of anilines is 1. The van der Waals surface area contributed by atoms with Gasteiger partial charge >= 0.3 is 0 Å². The van der Waals surface area contributed by atoms with Gasteiger partial charge in [0.15, 0.2) is 23.5 Å². The number of aromatic nitrogens is 4. The van der Waals surface area contributed by atoms with Crippen LogP contribution in [0.4, 0.5) is 5.82 Å². The maximum Gasteiger partial charge on any atom is 0.167 e. The van der Waals surface area contributed by atoms with E-state index in [1.54, 1.807) is 24.3 Å². The van der Waals surface area contributed by atoms with E-state index < -0.39 is 30.6 Å². The fraction of sp³-hybridized carbons (Fsp3) is 0.429. The summed E-state index contributed by atoms with van der Waals surface area (Å²) in [7, 11) is 0. The average molecular weight is 459 g/mol. The summed E-state index contributed by atoms with van der Waals surface area (Å²) in [5.41, 5.74) is 7.02. The standard InChI is InChI=1S/C21H25N5O7/c1-11(27)12-3-2-4-14(5-12)32-7-13(28)6-31-8-15-17(29)18(30)21(33-15)26-10-25-16-19(22)23-9-24-20(16)26/h2-5,9-10,13,15,17-18,21,28-30H,6-8H2,1H3,(H2,22,23,24)/t13?,15-,17-,18-,21-/m1/s1. The molecule has 5 atom stereocenters. The van der Waals surface area contributed by atoms with Gasteiger partial charge in [0.2, 0.25) is 0 Å². The van der Waals surface area contributed by atoms with E-state index in [0.717, 1.165) is 0 Å². The summed E-state index contributed by atoms with van der Waals surface area (Å²) in [5.74, 6) is 0.565. The number of nitrogen functional groups attached to an aromatic ring is 1. The van der Waals surface area contributed by atoms with E-state index in [1.165, 1.54) is 24.1 Å². The monoisotopic (exact) mass is 459 g/mol. The highest BCUT2D eigenvalue weighted by molar-refractivity contribution is 5.94. The Kier molecular flexibility index (Phi) is 6.81. The Bertz CT molecular complexity index is 1120. The first-order valence-corrected chi connectivity index (χ1v) is 10.3. The number of rotatable bonds is 9. The molecule has 2 aromatic heterocycles. The Morgan fingerprint density at radius 2 is 2.06 bits per heavy atom. The quantitative estimate of drug-likeness (QED) is 0.309. The van der Waals surface area contributed by atoms with Crippen molar-refractivity contribution in [3.8, 4) is 5.75 Å². The van der Waals surface area contributed by atoms with Crippen molar-refractivity contribution < 1.29 is 34.3 Å². The summed E-state index contributed by atoms with van der Waals surface area (Å²) in [5, 5.41) is 31.0. The third-order valence-corrected chi connectivity index (χ3v) is 5.27. The van der Waals surface area contributed by atoms with Crippen LogP contribution in [0.2, 0.25) is 0 Å². The summed E-state index contributed by atoms with van der Waals surface area (Å²) in [6.07, 6.45) is -2.56. The van der Waals surface area contributed by atoms with Crippen LogP contribution in [0, 0.1) is 0 Å². The van der Waals surface area contributed by atoms with Crippen LogP contribution in [0.15, 0.2) is 36.9 Å². The first-order chi connectivity index (χ1) is 15.8. The highest BCUT2D eigenvalue weighted by Gasteiger charge is 2.44. The van der Waals surface area contributed by atoms with Gasteiger partial charge in [-0.1, -0.05) is 12.1 Å². The molecule has 33 heavy (non-hydrogen) atoms. The highest BCUT2D eigenvalue weighted by atomic mass is 16.6. The van der Waals surface area contributed by atoms with Gasteiger partial charge in [-0.2, -0.15) is 0 Å². The molecular formula is C21H25N5O7. The number of fused-ring (bicyclic) bond motifs is 1. The lowest BCUT2D eigenvalue weighted by atomic mass is 10.1. The Labute approximate surface area is 188 Å². The molecule has 12 heteroatoms. The fourth-order valence-corrected chi connectivity index (χ4v) is 3.52. The third-order valence-electron chi connectivity index (χ3n) is 5.27. The van der Waals surface area contributed by atoms with Crippen molar-refractivity contribution in [2.75, 3.05) is 25.6 Å². The molecule has 0 radical (unpaired) electrons. The van der Waals surface area contributed by atoms with Gasteiger partial charge in [-0.3, -0.25) is 9.36 Å². The van der Waals surface area contributed by atoms with E-state index in [4.69, 9.17) is 19.9 Å². The van der Waals surface area contributed by atoms with Gasteiger partial charge in [-0.15, -0.1) is 0 Å². The number of benzene rings is 1.